The molecule has 2 atom stereocenters. The summed E-state index contributed by atoms with van der Waals surface area (Å²) in [6.45, 7) is 5.24. The summed E-state index contributed by atoms with van der Waals surface area (Å²) in [6, 6.07) is 0.242. The molecule has 0 spiro atoms. The molecule has 2 aliphatic rings. The molecule has 2 amide bonds. The average molecular weight is 239 g/mol. The average Bonchev–Trinajstić information content (AvgIpc) is 2.32. The Kier molecular flexibility index (Phi) is 3.66. The fourth-order valence-corrected chi connectivity index (χ4v) is 2.56. The van der Waals surface area contributed by atoms with Crippen molar-refractivity contribution in [1.82, 2.24) is 15.1 Å². The minimum atomic E-state index is -0.0979. The molecule has 17 heavy (non-hydrogen) atoms. The lowest BCUT2D eigenvalue weighted by atomic mass is 9.94. The van der Waals surface area contributed by atoms with Crippen molar-refractivity contribution >= 4 is 11.8 Å². The zero-order valence-corrected chi connectivity index (χ0v) is 10.6. The molecule has 2 aliphatic heterocycles. The van der Waals surface area contributed by atoms with Crippen molar-refractivity contribution in [3.05, 3.63) is 0 Å². The molecule has 2 fully saturated rings. The fraction of sp³-hybridized carbons (Fsp3) is 0.833. The summed E-state index contributed by atoms with van der Waals surface area (Å²) in [5.41, 5.74) is 0. The van der Waals surface area contributed by atoms with Crippen LogP contribution in [0.3, 0.4) is 0 Å². The molecule has 5 nitrogen and oxygen atoms in total. The molecule has 2 saturated heterocycles. The molecular weight excluding hydrogens is 218 g/mol. The summed E-state index contributed by atoms with van der Waals surface area (Å²) in [6.07, 6.45) is 1.18. The van der Waals surface area contributed by atoms with Crippen LogP contribution in [0.5, 0.6) is 0 Å². The van der Waals surface area contributed by atoms with E-state index in [1.165, 1.54) is 0 Å². The number of likely N-dealkylation sites (tertiary alicyclic amines) is 1. The SMILES string of the molecule is C[C@H]1CNCCN1C(=O)[C@@H]1CCN(C)C(=O)C1. The summed E-state index contributed by atoms with van der Waals surface area (Å²) < 4.78 is 0. The van der Waals surface area contributed by atoms with Gasteiger partial charge in [-0.25, -0.2) is 0 Å². The minimum absolute atomic E-state index is 0.0948. The summed E-state index contributed by atoms with van der Waals surface area (Å²) >= 11 is 0. The largest absolute Gasteiger partial charge is 0.346 e. The summed E-state index contributed by atoms with van der Waals surface area (Å²) in [5, 5.41) is 3.27. The van der Waals surface area contributed by atoms with E-state index in [-0.39, 0.29) is 23.8 Å². The number of hydrogen-bond acceptors (Lipinski definition) is 3. The van der Waals surface area contributed by atoms with E-state index in [2.05, 4.69) is 12.2 Å². The van der Waals surface area contributed by atoms with Gasteiger partial charge >= 0.3 is 0 Å². The molecule has 0 aromatic heterocycles. The molecule has 0 unspecified atom stereocenters. The number of carbonyl (C=O) groups excluding carboxylic acids is 2. The highest BCUT2D eigenvalue weighted by atomic mass is 16.2. The molecule has 2 heterocycles. The van der Waals surface area contributed by atoms with E-state index in [0.717, 1.165) is 26.1 Å². The lowest BCUT2D eigenvalue weighted by Gasteiger charge is -2.38. The number of amides is 2. The molecule has 1 N–H and O–H groups in total. The Labute approximate surface area is 102 Å². The molecule has 0 aromatic carbocycles. The van der Waals surface area contributed by atoms with Gasteiger partial charge in [-0.1, -0.05) is 0 Å². The third kappa shape index (κ3) is 2.60. The van der Waals surface area contributed by atoms with Gasteiger partial charge in [0.25, 0.3) is 0 Å². The van der Waals surface area contributed by atoms with Gasteiger partial charge in [-0.15, -0.1) is 0 Å². The number of carbonyl (C=O) groups is 2. The maximum Gasteiger partial charge on any atom is 0.226 e. The lowest BCUT2D eigenvalue weighted by Crippen LogP contribution is -2.55. The summed E-state index contributed by atoms with van der Waals surface area (Å²) in [7, 11) is 1.80. The Morgan fingerprint density at radius 2 is 2.18 bits per heavy atom. The first-order chi connectivity index (χ1) is 8.09. The Morgan fingerprint density at radius 3 is 2.82 bits per heavy atom. The van der Waals surface area contributed by atoms with E-state index >= 15 is 0 Å². The van der Waals surface area contributed by atoms with E-state index < -0.39 is 0 Å². The first kappa shape index (κ1) is 12.4. The smallest absolute Gasteiger partial charge is 0.226 e. The van der Waals surface area contributed by atoms with Gasteiger partial charge in [0.1, 0.15) is 0 Å². The van der Waals surface area contributed by atoms with Crippen LogP contribution in [-0.4, -0.2) is 60.9 Å². The van der Waals surface area contributed by atoms with Crippen LogP contribution in [0, 0.1) is 5.92 Å². The van der Waals surface area contributed by atoms with Gasteiger partial charge in [-0.2, -0.15) is 0 Å². The van der Waals surface area contributed by atoms with Gasteiger partial charge in [0.05, 0.1) is 0 Å². The Bertz CT molecular complexity index is 319. The van der Waals surface area contributed by atoms with Crippen LogP contribution in [0.1, 0.15) is 19.8 Å². The summed E-state index contributed by atoms with van der Waals surface area (Å²) in [5.74, 6) is 0.164. The second kappa shape index (κ2) is 5.04. The molecule has 0 aliphatic carbocycles. The standard InChI is InChI=1S/C12H21N3O2/c1-9-8-13-4-6-15(9)12(17)10-3-5-14(2)11(16)7-10/h9-10,13H,3-8H2,1-2H3/t9-,10+/m0/s1. The third-order valence-electron chi connectivity index (χ3n) is 3.79. The third-order valence-corrected chi connectivity index (χ3v) is 3.79. The highest BCUT2D eigenvalue weighted by Crippen LogP contribution is 2.21. The maximum absolute atomic E-state index is 12.3. The number of rotatable bonds is 1. The van der Waals surface area contributed by atoms with Crippen LogP contribution in [0.25, 0.3) is 0 Å². The van der Waals surface area contributed by atoms with Crippen molar-refractivity contribution in [3.63, 3.8) is 0 Å². The first-order valence-corrected chi connectivity index (χ1v) is 6.34. The quantitative estimate of drug-likeness (QED) is 0.682. The van der Waals surface area contributed by atoms with Crippen molar-refractivity contribution < 1.29 is 9.59 Å². The van der Waals surface area contributed by atoms with E-state index in [9.17, 15) is 9.59 Å². The second-order valence-corrected chi connectivity index (χ2v) is 5.09. The van der Waals surface area contributed by atoms with Crippen LogP contribution in [0.4, 0.5) is 0 Å². The van der Waals surface area contributed by atoms with Crippen molar-refractivity contribution in [3.8, 4) is 0 Å². The van der Waals surface area contributed by atoms with Crippen LogP contribution < -0.4 is 5.32 Å². The van der Waals surface area contributed by atoms with Crippen LogP contribution >= 0.6 is 0 Å². The zero-order chi connectivity index (χ0) is 12.4. The number of nitrogens with zero attached hydrogens (tertiary/aromatic N) is 2. The molecular formula is C12H21N3O2. The second-order valence-electron chi connectivity index (χ2n) is 5.09. The zero-order valence-electron chi connectivity index (χ0n) is 10.6. The van der Waals surface area contributed by atoms with Crippen molar-refractivity contribution in [1.29, 1.82) is 0 Å². The van der Waals surface area contributed by atoms with E-state index in [1.54, 1.807) is 11.9 Å². The molecule has 96 valence electrons. The highest BCUT2D eigenvalue weighted by Gasteiger charge is 2.33. The monoisotopic (exact) mass is 239 g/mol. The molecule has 0 saturated carbocycles. The van der Waals surface area contributed by atoms with E-state index in [0.29, 0.717) is 13.0 Å². The topological polar surface area (TPSA) is 52.7 Å². The predicted molar refractivity (Wildman–Crippen MR) is 64.4 cm³/mol. The van der Waals surface area contributed by atoms with Crippen molar-refractivity contribution in [2.75, 3.05) is 33.2 Å². The first-order valence-electron chi connectivity index (χ1n) is 6.34. The Morgan fingerprint density at radius 1 is 1.41 bits per heavy atom. The Hall–Kier alpha value is -1.10. The maximum atomic E-state index is 12.3. The lowest BCUT2D eigenvalue weighted by molar-refractivity contribution is -0.146. The van der Waals surface area contributed by atoms with Crippen molar-refractivity contribution in [2.45, 2.75) is 25.8 Å². The van der Waals surface area contributed by atoms with Gasteiger partial charge < -0.3 is 15.1 Å². The molecule has 0 bridgehead atoms. The van der Waals surface area contributed by atoms with Gasteiger partial charge in [0, 0.05) is 51.6 Å². The molecule has 2 rings (SSSR count). The minimum Gasteiger partial charge on any atom is -0.346 e. The van der Waals surface area contributed by atoms with E-state index in [4.69, 9.17) is 0 Å². The number of hydrogen-bond donors (Lipinski definition) is 1. The molecule has 0 aromatic rings. The summed E-state index contributed by atoms with van der Waals surface area (Å²) in [4.78, 5) is 27.6. The van der Waals surface area contributed by atoms with E-state index in [1.807, 2.05) is 4.90 Å². The Balaban J connectivity index is 1.97. The van der Waals surface area contributed by atoms with Crippen LogP contribution in [-0.2, 0) is 9.59 Å². The number of piperidine rings is 1. The fourth-order valence-electron chi connectivity index (χ4n) is 2.56. The molecule has 0 radical (unpaired) electrons. The van der Waals surface area contributed by atoms with Gasteiger partial charge in [0.2, 0.25) is 11.8 Å². The molecule has 5 heteroatoms. The van der Waals surface area contributed by atoms with Crippen molar-refractivity contribution in [2.24, 2.45) is 5.92 Å². The predicted octanol–water partition coefficient (Wildman–Crippen LogP) is -0.325. The van der Waals surface area contributed by atoms with Gasteiger partial charge in [0.15, 0.2) is 0 Å². The number of nitrogens with one attached hydrogen (secondary N) is 1. The number of piperazine rings is 1. The normalized spacial score (nSPS) is 30.6. The van der Waals surface area contributed by atoms with Crippen LogP contribution in [0.15, 0.2) is 0 Å². The highest BCUT2D eigenvalue weighted by molar-refractivity contribution is 5.87. The van der Waals surface area contributed by atoms with Gasteiger partial charge in [-0.05, 0) is 13.3 Å². The van der Waals surface area contributed by atoms with Gasteiger partial charge in [-0.3, -0.25) is 9.59 Å². The van der Waals surface area contributed by atoms with Crippen LogP contribution in [0.2, 0.25) is 0 Å².